The normalized spacial score (nSPS) is 12.2. The van der Waals surface area contributed by atoms with Crippen LogP contribution in [-0.2, 0) is 12.5 Å². The minimum absolute atomic E-state index is 0.0493. The molecule has 0 saturated heterocycles. The van der Waals surface area contributed by atoms with Gasteiger partial charge in [-0.1, -0.05) is 69.3 Å². The molecule has 4 aromatic carbocycles. The van der Waals surface area contributed by atoms with Gasteiger partial charge in [-0.3, -0.25) is 0 Å². The first-order chi connectivity index (χ1) is 14.3. The monoisotopic (exact) mass is 391 g/mol. The van der Waals surface area contributed by atoms with E-state index in [1.165, 1.54) is 38.2 Å². The van der Waals surface area contributed by atoms with Crippen LogP contribution in [0.15, 0.2) is 72.9 Å². The Kier molecular flexibility index (Phi) is 4.14. The molecule has 0 radical (unpaired) electrons. The molecule has 5 aromatic rings. The van der Waals surface area contributed by atoms with Crippen LogP contribution in [0, 0.1) is 6.92 Å². The summed E-state index contributed by atoms with van der Waals surface area (Å²) in [5.74, 6) is 1.01. The van der Waals surface area contributed by atoms with Crippen LogP contribution in [0.25, 0.3) is 43.8 Å². The van der Waals surface area contributed by atoms with Crippen molar-refractivity contribution in [2.75, 3.05) is 0 Å². The molecule has 0 spiro atoms. The third-order valence-electron chi connectivity index (χ3n) is 6.15. The Bertz CT molecular complexity index is 1440. The fourth-order valence-electron chi connectivity index (χ4n) is 4.53. The zero-order valence-corrected chi connectivity index (χ0v) is 18.3. The van der Waals surface area contributed by atoms with Crippen molar-refractivity contribution in [3.63, 3.8) is 0 Å². The van der Waals surface area contributed by atoms with E-state index in [0.29, 0.717) is 0 Å². The van der Waals surface area contributed by atoms with Crippen molar-refractivity contribution < 1.29 is 4.57 Å². The van der Waals surface area contributed by atoms with E-state index in [-0.39, 0.29) is 5.41 Å². The molecule has 0 N–H and O–H groups in total. The highest BCUT2D eigenvalue weighted by Gasteiger charge is 2.24. The molecule has 0 atom stereocenters. The fraction of sp³-hybridized carbons (Fsp3) is 0.214. The van der Waals surface area contributed by atoms with Crippen molar-refractivity contribution in [1.29, 1.82) is 0 Å². The highest BCUT2D eigenvalue weighted by molar-refractivity contribution is 5.97. The molecule has 0 bridgehead atoms. The van der Waals surface area contributed by atoms with Gasteiger partial charge in [-0.25, -0.2) is 4.57 Å². The van der Waals surface area contributed by atoms with Crippen molar-refractivity contribution in [2.45, 2.75) is 33.1 Å². The topological polar surface area (TPSA) is 16.8 Å². The highest BCUT2D eigenvalue weighted by Crippen LogP contribution is 2.37. The van der Waals surface area contributed by atoms with Gasteiger partial charge in [-0.15, -0.1) is 0 Å². The number of fused-ring (bicyclic) bond motifs is 3. The van der Waals surface area contributed by atoms with Crippen molar-refractivity contribution >= 4 is 32.4 Å². The van der Waals surface area contributed by atoms with Crippen molar-refractivity contribution in [3.8, 4) is 11.4 Å². The Morgan fingerprint density at radius 2 is 1.40 bits per heavy atom. The molecule has 0 aliphatic carbocycles. The molecule has 5 rings (SSSR count). The van der Waals surface area contributed by atoms with Crippen LogP contribution in [-0.4, -0.2) is 4.98 Å². The number of aryl methyl sites for hydroxylation is 2. The van der Waals surface area contributed by atoms with E-state index < -0.39 is 0 Å². The summed E-state index contributed by atoms with van der Waals surface area (Å²) in [6.07, 6.45) is 2.20. The zero-order chi connectivity index (χ0) is 21.0. The van der Waals surface area contributed by atoms with Crippen molar-refractivity contribution in [3.05, 3.63) is 84.1 Å². The van der Waals surface area contributed by atoms with Gasteiger partial charge >= 0.3 is 5.82 Å². The third-order valence-corrected chi connectivity index (χ3v) is 6.15. The van der Waals surface area contributed by atoms with E-state index in [9.17, 15) is 0 Å². The smallest absolute Gasteiger partial charge is 0.232 e. The Hall–Kier alpha value is -3.26. The molecule has 0 fully saturated rings. The maximum atomic E-state index is 5.15. The minimum atomic E-state index is 0.0493. The summed E-state index contributed by atoms with van der Waals surface area (Å²) in [6.45, 7) is 9.08. The Balaban J connectivity index is 1.84. The van der Waals surface area contributed by atoms with Crippen LogP contribution in [0.3, 0.4) is 0 Å². The van der Waals surface area contributed by atoms with Crippen molar-refractivity contribution in [2.24, 2.45) is 7.05 Å². The number of aromatic nitrogens is 2. The average molecular weight is 392 g/mol. The summed E-state index contributed by atoms with van der Waals surface area (Å²) >= 11 is 0. The van der Waals surface area contributed by atoms with Gasteiger partial charge in [0, 0.05) is 0 Å². The molecule has 1 aromatic heterocycles. The molecular formula is C28H27N2+. The second kappa shape index (κ2) is 6.63. The van der Waals surface area contributed by atoms with Crippen LogP contribution in [0.1, 0.15) is 31.9 Å². The SMILES string of the molecule is Cc1c(-c2nc3cc4ccccc4cc3c[n+]2C)cc(C(C)(C)C)c2ccccc12. The lowest BCUT2D eigenvalue weighted by molar-refractivity contribution is -0.661. The molecule has 0 amide bonds. The Morgan fingerprint density at radius 3 is 2.10 bits per heavy atom. The van der Waals surface area contributed by atoms with Crippen LogP contribution in [0.4, 0.5) is 0 Å². The van der Waals surface area contributed by atoms with E-state index in [0.717, 1.165) is 16.7 Å². The fourth-order valence-corrected chi connectivity index (χ4v) is 4.53. The predicted molar refractivity (Wildman–Crippen MR) is 127 cm³/mol. The summed E-state index contributed by atoms with van der Waals surface area (Å²) in [5, 5.41) is 6.27. The molecule has 0 aliphatic rings. The average Bonchev–Trinajstić information content (AvgIpc) is 2.72. The quantitative estimate of drug-likeness (QED) is 0.231. The van der Waals surface area contributed by atoms with Crippen LogP contribution < -0.4 is 4.57 Å². The van der Waals surface area contributed by atoms with Gasteiger partial charge in [-0.2, -0.15) is 0 Å². The van der Waals surface area contributed by atoms with E-state index in [2.05, 4.69) is 112 Å². The molecule has 0 saturated carbocycles. The Morgan fingerprint density at radius 1 is 0.767 bits per heavy atom. The lowest BCUT2D eigenvalue weighted by atomic mass is 9.81. The lowest BCUT2D eigenvalue weighted by Gasteiger charge is -2.23. The number of nitrogens with zero attached hydrogens (tertiary/aromatic N) is 2. The van der Waals surface area contributed by atoms with E-state index in [1.54, 1.807) is 0 Å². The van der Waals surface area contributed by atoms with Gasteiger partial charge < -0.3 is 0 Å². The van der Waals surface area contributed by atoms with Crippen LogP contribution in [0.2, 0.25) is 0 Å². The third kappa shape index (κ3) is 2.95. The van der Waals surface area contributed by atoms with E-state index >= 15 is 0 Å². The largest absolute Gasteiger partial charge is 0.331 e. The van der Waals surface area contributed by atoms with Gasteiger partial charge in [0.15, 0.2) is 5.52 Å². The Labute approximate surface area is 177 Å². The van der Waals surface area contributed by atoms with Gasteiger partial charge in [-0.05, 0) is 68.2 Å². The summed E-state index contributed by atoms with van der Waals surface area (Å²) in [4.78, 5) is 5.15. The van der Waals surface area contributed by atoms with Crippen LogP contribution in [0.5, 0.6) is 0 Å². The molecule has 0 aliphatic heterocycles. The van der Waals surface area contributed by atoms with Crippen LogP contribution >= 0.6 is 0 Å². The second-order valence-electron chi connectivity index (χ2n) is 9.33. The molecule has 30 heavy (non-hydrogen) atoms. The first-order valence-electron chi connectivity index (χ1n) is 10.6. The summed E-state index contributed by atoms with van der Waals surface area (Å²) in [5.41, 5.74) is 4.93. The lowest BCUT2D eigenvalue weighted by Crippen LogP contribution is -2.32. The van der Waals surface area contributed by atoms with Gasteiger partial charge in [0.05, 0.1) is 18.0 Å². The second-order valence-corrected chi connectivity index (χ2v) is 9.33. The number of hydrogen-bond acceptors (Lipinski definition) is 1. The molecular weight excluding hydrogens is 364 g/mol. The summed E-state index contributed by atoms with van der Waals surface area (Å²) in [7, 11) is 2.10. The standard InChI is InChI=1S/C28H27N2/c1-18-22-12-8-9-13-23(22)25(28(2,3)4)16-24(18)27-29-26-15-20-11-7-6-10-19(20)14-21(26)17-30(27)5/h6-17H,1-5H3/q+1. The number of hydrogen-bond donors (Lipinski definition) is 0. The molecule has 148 valence electrons. The maximum Gasteiger partial charge on any atom is 0.331 e. The first kappa shape index (κ1) is 18.7. The zero-order valence-electron chi connectivity index (χ0n) is 18.3. The highest BCUT2D eigenvalue weighted by atomic mass is 15.0. The minimum Gasteiger partial charge on any atom is -0.232 e. The van der Waals surface area contributed by atoms with Gasteiger partial charge in [0.25, 0.3) is 0 Å². The maximum absolute atomic E-state index is 5.15. The van der Waals surface area contributed by atoms with E-state index in [4.69, 9.17) is 4.98 Å². The van der Waals surface area contributed by atoms with E-state index in [1.807, 2.05) is 0 Å². The molecule has 1 heterocycles. The number of benzene rings is 4. The molecule has 2 nitrogen and oxygen atoms in total. The van der Waals surface area contributed by atoms with Gasteiger partial charge in [0.2, 0.25) is 0 Å². The molecule has 0 unspecified atom stereocenters. The summed E-state index contributed by atoms with van der Waals surface area (Å²) in [6, 6.07) is 24.0. The number of rotatable bonds is 1. The summed E-state index contributed by atoms with van der Waals surface area (Å²) < 4.78 is 2.17. The van der Waals surface area contributed by atoms with Crippen molar-refractivity contribution in [1.82, 2.24) is 4.98 Å². The van der Waals surface area contributed by atoms with Gasteiger partial charge in [0.1, 0.15) is 6.20 Å². The molecule has 2 heteroatoms. The predicted octanol–water partition coefficient (Wildman–Crippen LogP) is 6.64. The first-order valence-corrected chi connectivity index (χ1v) is 10.6.